The molecule has 0 aliphatic carbocycles. The minimum Gasteiger partial charge on any atom is -0.481 e. The van der Waals surface area contributed by atoms with E-state index in [0.29, 0.717) is 24.1 Å². The highest BCUT2D eigenvalue weighted by Crippen LogP contribution is 2.28. The van der Waals surface area contributed by atoms with Crippen molar-refractivity contribution in [1.82, 2.24) is 10.2 Å². The van der Waals surface area contributed by atoms with E-state index in [1.165, 1.54) is 5.56 Å². The van der Waals surface area contributed by atoms with Crippen LogP contribution in [0.15, 0.2) is 78.9 Å². The largest absolute Gasteiger partial charge is 0.481 e. The number of hydrogen-bond donors (Lipinski definition) is 4. The van der Waals surface area contributed by atoms with Crippen LogP contribution in [0.25, 0.3) is 11.1 Å². The van der Waals surface area contributed by atoms with Crippen LogP contribution in [-0.2, 0) is 16.0 Å². The van der Waals surface area contributed by atoms with Crippen molar-refractivity contribution < 1.29 is 30.4 Å². The number of likely N-dealkylation sites (tertiary alicyclic amines) is 1. The van der Waals surface area contributed by atoms with Crippen LogP contribution < -0.4 is 11.1 Å². The van der Waals surface area contributed by atoms with Gasteiger partial charge in [0.1, 0.15) is 5.84 Å². The lowest BCUT2D eigenvalue weighted by atomic mass is 10.0. The SMILES string of the molecule is N=C(N)c1ccc(-c2ccc(C(=O)NC[C@@H]3C[C@@H](CC(=O)O)C(=O)N3CCCc3ccccc3)cc2)cc1.O.O. The fraction of sp³-hybridized carbons (Fsp3) is 0.267. The average molecular weight is 549 g/mol. The van der Waals surface area contributed by atoms with Gasteiger partial charge in [-0.2, -0.15) is 0 Å². The van der Waals surface area contributed by atoms with Gasteiger partial charge in [0, 0.05) is 30.3 Å². The first-order chi connectivity index (χ1) is 18.3. The molecule has 1 saturated heterocycles. The summed E-state index contributed by atoms with van der Waals surface area (Å²) in [6.45, 7) is 0.780. The van der Waals surface area contributed by atoms with Gasteiger partial charge in [-0.05, 0) is 48.1 Å². The Morgan fingerprint density at radius 1 is 0.925 bits per heavy atom. The first-order valence-corrected chi connectivity index (χ1v) is 12.7. The standard InChI is InChI=1S/C30H32N4O4.2H2O/c31-28(32)23-12-8-21(9-13-23)22-10-14-24(15-11-22)29(37)33-19-26-17-25(18-27(35)36)30(38)34(26)16-4-7-20-5-2-1-3-6-20;;/h1-3,5-6,8-15,25-26H,4,7,16-19H2,(H3,31,32)(H,33,37)(H,35,36);2*1H2/t25-,26-;;/m0../s1. The summed E-state index contributed by atoms with van der Waals surface area (Å²) in [4.78, 5) is 38.9. The van der Waals surface area contributed by atoms with Crippen LogP contribution in [0.2, 0.25) is 0 Å². The maximum atomic E-state index is 13.0. The van der Waals surface area contributed by atoms with Gasteiger partial charge in [0.15, 0.2) is 0 Å². The van der Waals surface area contributed by atoms with Gasteiger partial charge in [-0.1, -0.05) is 66.7 Å². The first-order valence-electron chi connectivity index (χ1n) is 12.7. The Bertz CT molecular complexity index is 1300. The maximum absolute atomic E-state index is 13.0. The molecule has 2 amide bonds. The number of nitrogens with zero attached hydrogens (tertiary/aromatic N) is 1. The summed E-state index contributed by atoms with van der Waals surface area (Å²) in [5.74, 6) is -1.95. The molecule has 0 saturated carbocycles. The number of nitrogens with two attached hydrogens (primary N) is 1. The molecular weight excluding hydrogens is 512 g/mol. The van der Waals surface area contributed by atoms with E-state index in [2.05, 4.69) is 5.32 Å². The molecule has 212 valence electrons. The summed E-state index contributed by atoms with van der Waals surface area (Å²) in [7, 11) is 0. The number of carboxylic acid groups (broad SMARTS) is 1. The number of benzene rings is 3. The third-order valence-corrected chi connectivity index (χ3v) is 6.93. The molecule has 2 atom stereocenters. The summed E-state index contributed by atoms with van der Waals surface area (Å²) < 4.78 is 0. The first kappa shape index (κ1) is 31.7. The van der Waals surface area contributed by atoms with E-state index in [0.717, 1.165) is 24.0 Å². The normalized spacial score (nSPS) is 16.0. The summed E-state index contributed by atoms with van der Waals surface area (Å²) in [6, 6.07) is 24.3. The molecule has 1 heterocycles. The number of aliphatic carboxylic acids is 1. The minimum absolute atomic E-state index is 0. The Morgan fingerprint density at radius 3 is 2.05 bits per heavy atom. The Labute approximate surface area is 232 Å². The lowest BCUT2D eigenvalue weighted by molar-refractivity contribution is -0.142. The van der Waals surface area contributed by atoms with Crippen LogP contribution in [-0.4, -0.2) is 63.7 Å². The molecule has 9 N–H and O–H groups in total. The van der Waals surface area contributed by atoms with E-state index in [4.69, 9.17) is 11.1 Å². The molecule has 0 unspecified atom stereocenters. The van der Waals surface area contributed by atoms with Crippen molar-refractivity contribution in [3.05, 3.63) is 95.6 Å². The fourth-order valence-corrected chi connectivity index (χ4v) is 4.91. The quantitative estimate of drug-likeness (QED) is 0.209. The third-order valence-electron chi connectivity index (χ3n) is 6.93. The second-order valence-electron chi connectivity index (χ2n) is 9.58. The number of aryl methyl sites for hydroxylation is 1. The van der Waals surface area contributed by atoms with Crippen LogP contribution in [0.3, 0.4) is 0 Å². The molecule has 3 aromatic carbocycles. The number of amides is 2. The van der Waals surface area contributed by atoms with Crippen molar-refractivity contribution in [2.75, 3.05) is 13.1 Å². The fourth-order valence-electron chi connectivity index (χ4n) is 4.91. The maximum Gasteiger partial charge on any atom is 0.304 e. The van der Waals surface area contributed by atoms with E-state index in [9.17, 15) is 19.5 Å². The monoisotopic (exact) mass is 548 g/mol. The second-order valence-corrected chi connectivity index (χ2v) is 9.58. The highest BCUT2D eigenvalue weighted by atomic mass is 16.4. The van der Waals surface area contributed by atoms with E-state index in [1.54, 1.807) is 29.2 Å². The molecule has 1 aliphatic rings. The van der Waals surface area contributed by atoms with Gasteiger partial charge in [-0.25, -0.2) is 0 Å². The zero-order valence-corrected chi connectivity index (χ0v) is 22.1. The van der Waals surface area contributed by atoms with Gasteiger partial charge in [-0.15, -0.1) is 0 Å². The zero-order valence-electron chi connectivity index (χ0n) is 22.1. The van der Waals surface area contributed by atoms with E-state index in [-0.39, 0.29) is 47.6 Å². The Morgan fingerprint density at radius 2 is 1.50 bits per heavy atom. The number of nitrogens with one attached hydrogen (secondary N) is 2. The Kier molecular flexibility index (Phi) is 11.5. The number of carboxylic acids is 1. The number of carbonyl (C=O) groups is 3. The van der Waals surface area contributed by atoms with Crippen molar-refractivity contribution in [3.63, 3.8) is 0 Å². The molecule has 4 rings (SSSR count). The summed E-state index contributed by atoms with van der Waals surface area (Å²) in [5.41, 5.74) is 9.72. The van der Waals surface area contributed by atoms with E-state index in [1.807, 2.05) is 54.6 Å². The second kappa shape index (κ2) is 14.6. The van der Waals surface area contributed by atoms with Crippen molar-refractivity contribution >= 4 is 23.6 Å². The topological polar surface area (TPSA) is 200 Å². The molecule has 0 bridgehead atoms. The van der Waals surface area contributed by atoms with Gasteiger partial charge in [-0.3, -0.25) is 19.8 Å². The van der Waals surface area contributed by atoms with Gasteiger partial charge in [0.2, 0.25) is 5.91 Å². The lowest BCUT2D eigenvalue weighted by Gasteiger charge is -2.25. The van der Waals surface area contributed by atoms with Crippen molar-refractivity contribution in [2.24, 2.45) is 11.7 Å². The summed E-state index contributed by atoms with van der Waals surface area (Å²) in [6.07, 6.45) is 1.78. The molecule has 3 aromatic rings. The number of hydrogen-bond acceptors (Lipinski definition) is 4. The lowest BCUT2D eigenvalue weighted by Crippen LogP contribution is -2.42. The molecule has 10 nitrogen and oxygen atoms in total. The smallest absolute Gasteiger partial charge is 0.304 e. The Balaban J connectivity index is 0.00000280. The van der Waals surface area contributed by atoms with Crippen molar-refractivity contribution in [2.45, 2.75) is 31.7 Å². The minimum atomic E-state index is -0.992. The Hall–Kier alpha value is -4.54. The molecule has 1 aliphatic heterocycles. The number of nitrogen functional groups attached to an aromatic ring is 1. The van der Waals surface area contributed by atoms with Gasteiger partial charge < -0.3 is 32.0 Å². The average Bonchev–Trinajstić information content (AvgIpc) is 3.21. The van der Waals surface area contributed by atoms with Gasteiger partial charge in [0.25, 0.3) is 5.91 Å². The van der Waals surface area contributed by atoms with Crippen LogP contribution in [0, 0.1) is 11.3 Å². The molecule has 0 radical (unpaired) electrons. The van der Waals surface area contributed by atoms with Crippen molar-refractivity contribution in [3.8, 4) is 11.1 Å². The van der Waals surface area contributed by atoms with Gasteiger partial charge in [0.05, 0.1) is 12.3 Å². The summed E-state index contributed by atoms with van der Waals surface area (Å²) >= 11 is 0. The molecule has 40 heavy (non-hydrogen) atoms. The highest BCUT2D eigenvalue weighted by Gasteiger charge is 2.40. The molecule has 10 heteroatoms. The van der Waals surface area contributed by atoms with Crippen LogP contribution in [0.1, 0.15) is 40.7 Å². The van der Waals surface area contributed by atoms with E-state index < -0.39 is 11.9 Å². The van der Waals surface area contributed by atoms with E-state index >= 15 is 0 Å². The zero-order chi connectivity index (χ0) is 27.1. The van der Waals surface area contributed by atoms with Gasteiger partial charge >= 0.3 is 5.97 Å². The molecular formula is C30H36N4O6. The highest BCUT2D eigenvalue weighted by molar-refractivity contribution is 5.96. The molecule has 1 fully saturated rings. The third kappa shape index (κ3) is 7.98. The van der Waals surface area contributed by atoms with Crippen LogP contribution in [0.5, 0.6) is 0 Å². The predicted molar refractivity (Wildman–Crippen MR) is 153 cm³/mol. The predicted octanol–water partition coefficient (Wildman–Crippen LogP) is 2.04. The number of amidine groups is 1. The summed E-state index contributed by atoms with van der Waals surface area (Å²) in [5, 5.41) is 19.7. The number of rotatable bonds is 11. The van der Waals surface area contributed by atoms with Crippen molar-refractivity contribution in [1.29, 1.82) is 5.41 Å². The van der Waals surface area contributed by atoms with Crippen LogP contribution in [0.4, 0.5) is 0 Å². The molecule has 0 aromatic heterocycles. The van der Waals surface area contributed by atoms with Crippen LogP contribution >= 0.6 is 0 Å². The number of carbonyl (C=O) groups excluding carboxylic acids is 2. The molecule has 0 spiro atoms.